The lowest BCUT2D eigenvalue weighted by molar-refractivity contribution is -0.129. The first-order chi connectivity index (χ1) is 10.7. The highest BCUT2D eigenvalue weighted by molar-refractivity contribution is 5.78. The molecule has 2 fully saturated rings. The van der Waals surface area contributed by atoms with Crippen molar-refractivity contribution in [1.82, 2.24) is 15.0 Å². The Morgan fingerprint density at radius 3 is 2.95 bits per heavy atom. The summed E-state index contributed by atoms with van der Waals surface area (Å²) in [4.78, 5) is 18.6. The summed E-state index contributed by atoms with van der Waals surface area (Å²) in [5.74, 6) is 2.04. The van der Waals surface area contributed by atoms with Crippen LogP contribution in [-0.4, -0.2) is 20.9 Å². The van der Waals surface area contributed by atoms with Crippen LogP contribution < -0.4 is 0 Å². The van der Waals surface area contributed by atoms with Crippen molar-refractivity contribution >= 4 is 5.91 Å². The molecule has 1 atom stereocenters. The van der Waals surface area contributed by atoms with Crippen LogP contribution in [0.25, 0.3) is 0 Å². The van der Waals surface area contributed by atoms with Crippen LogP contribution in [0.5, 0.6) is 0 Å². The number of nitrogens with zero attached hydrogens (tertiary/aromatic N) is 3. The zero-order chi connectivity index (χ0) is 15.1. The third kappa shape index (κ3) is 2.51. The monoisotopic (exact) mass is 297 g/mol. The summed E-state index contributed by atoms with van der Waals surface area (Å²) in [6.45, 7) is 2.67. The van der Waals surface area contributed by atoms with E-state index in [0.717, 1.165) is 30.7 Å². The van der Waals surface area contributed by atoms with Crippen molar-refractivity contribution in [2.24, 2.45) is 0 Å². The molecule has 2 aliphatic rings. The lowest BCUT2D eigenvalue weighted by atomic mass is 10.1. The fourth-order valence-corrected chi connectivity index (χ4v) is 3.09. The molecule has 1 aliphatic carbocycles. The summed E-state index contributed by atoms with van der Waals surface area (Å²) in [6.07, 6.45) is 3.61. The lowest BCUT2D eigenvalue weighted by Gasteiger charge is -2.22. The maximum absolute atomic E-state index is 12.2. The molecule has 1 saturated carbocycles. The van der Waals surface area contributed by atoms with Gasteiger partial charge in [-0.15, -0.1) is 0 Å². The molecule has 1 aromatic carbocycles. The van der Waals surface area contributed by atoms with Gasteiger partial charge >= 0.3 is 0 Å². The SMILES string of the molecule is Cc1cccc(CN2C(=O)CC[C@H]2c2nc(C3CC3)no2)c1. The Labute approximate surface area is 129 Å². The minimum absolute atomic E-state index is 0.0759. The van der Waals surface area contributed by atoms with E-state index in [1.807, 2.05) is 11.0 Å². The van der Waals surface area contributed by atoms with E-state index in [-0.39, 0.29) is 11.9 Å². The normalized spacial score (nSPS) is 21.6. The third-order valence-corrected chi connectivity index (χ3v) is 4.45. The number of hydrogen-bond acceptors (Lipinski definition) is 4. The number of amides is 1. The number of benzene rings is 1. The van der Waals surface area contributed by atoms with Crippen LogP contribution in [0.4, 0.5) is 0 Å². The van der Waals surface area contributed by atoms with Crippen molar-refractivity contribution in [3.05, 3.63) is 47.1 Å². The molecule has 1 aromatic heterocycles. The number of carbonyl (C=O) groups is 1. The maximum Gasteiger partial charge on any atom is 0.249 e. The molecule has 5 nitrogen and oxygen atoms in total. The van der Waals surface area contributed by atoms with Gasteiger partial charge in [0.1, 0.15) is 6.04 Å². The van der Waals surface area contributed by atoms with Crippen LogP contribution in [0.3, 0.4) is 0 Å². The van der Waals surface area contributed by atoms with Gasteiger partial charge in [-0.2, -0.15) is 4.98 Å². The quantitative estimate of drug-likeness (QED) is 0.870. The van der Waals surface area contributed by atoms with Crippen molar-refractivity contribution < 1.29 is 9.32 Å². The van der Waals surface area contributed by atoms with Crippen molar-refractivity contribution in [2.75, 3.05) is 0 Å². The summed E-state index contributed by atoms with van der Waals surface area (Å²) >= 11 is 0. The summed E-state index contributed by atoms with van der Waals surface area (Å²) in [5.41, 5.74) is 2.34. The van der Waals surface area contributed by atoms with Crippen LogP contribution in [0.1, 0.15) is 60.5 Å². The van der Waals surface area contributed by atoms with E-state index in [9.17, 15) is 4.79 Å². The Hall–Kier alpha value is -2.17. The van der Waals surface area contributed by atoms with Crippen molar-refractivity contribution in [3.63, 3.8) is 0 Å². The molecule has 1 aliphatic heterocycles. The van der Waals surface area contributed by atoms with Crippen LogP contribution in [0, 0.1) is 6.92 Å². The van der Waals surface area contributed by atoms with Crippen LogP contribution in [0.2, 0.25) is 0 Å². The highest BCUT2D eigenvalue weighted by Crippen LogP contribution is 2.40. The first-order valence-electron chi connectivity index (χ1n) is 7.89. The van der Waals surface area contributed by atoms with Crippen molar-refractivity contribution in [3.8, 4) is 0 Å². The predicted molar refractivity (Wildman–Crippen MR) is 80.0 cm³/mol. The number of likely N-dealkylation sites (tertiary alicyclic amines) is 1. The molecule has 5 heteroatoms. The summed E-state index contributed by atoms with van der Waals surface area (Å²) in [5, 5.41) is 4.08. The summed E-state index contributed by atoms with van der Waals surface area (Å²) in [7, 11) is 0. The zero-order valence-electron chi connectivity index (χ0n) is 12.7. The largest absolute Gasteiger partial charge is 0.337 e. The Morgan fingerprint density at radius 2 is 2.18 bits per heavy atom. The van der Waals surface area contributed by atoms with E-state index in [0.29, 0.717) is 24.8 Å². The standard InChI is InChI=1S/C17H19N3O2/c1-11-3-2-4-12(9-11)10-20-14(7-8-15(20)21)17-18-16(19-22-17)13-5-6-13/h2-4,9,13-14H,5-8,10H2,1H3/t14-/m0/s1. The van der Waals surface area contributed by atoms with Crippen LogP contribution in [-0.2, 0) is 11.3 Å². The van der Waals surface area contributed by atoms with E-state index >= 15 is 0 Å². The Bertz CT molecular complexity index is 705. The van der Waals surface area contributed by atoms with Crippen molar-refractivity contribution in [2.45, 2.75) is 51.1 Å². The van der Waals surface area contributed by atoms with E-state index < -0.39 is 0 Å². The molecule has 2 heterocycles. The number of aromatic nitrogens is 2. The molecular weight excluding hydrogens is 278 g/mol. The van der Waals surface area contributed by atoms with Gasteiger partial charge in [-0.1, -0.05) is 35.0 Å². The number of rotatable bonds is 4. The Kier molecular flexibility index (Phi) is 3.21. The number of aryl methyl sites for hydroxylation is 1. The topological polar surface area (TPSA) is 59.2 Å². The average Bonchev–Trinajstić information content (AvgIpc) is 3.14. The van der Waals surface area contributed by atoms with E-state index in [1.54, 1.807) is 0 Å². The van der Waals surface area contributed by atoms with Gasteiger partial charge in [0.25, 0.3) is 0 Å². The van der Waals surface area contributed by atoms with E-state index in [4.69, 9.17) is 4.52 Å². The highest BCUT2D eigenvalue weighted by Gasteiger charge is 2.37. The van der Waals surface area contributed by atoms with Gasteiger partial charge in [0.05, 0.1) is 0 Å². The van der Waals surface area contributed by atoms with Gasteiger partial charge in [-0.3, -0.25) is 4.79 Å². The van der Waals surface area contributed by atoms with Gasteiger partial charge in [0.15, 0.2) is 5.82 Å². The van der Waals surface area contributed by atoms with Gasteiger partial charge in [0, 0.05) is 18.9 Å². The molecule has 0 spiro atoms. The van der Waals surface area contributed by atoms with Gasteiger partial charge in [0.2, 0.25) is 11.8 Å². The van der Waals surface area contributed by atoms with Gasteiger partial charge in [-0.25, -0.2) is 0 Å². The summed E-state index contributed by atoms with van der Waals surface area (Å²) < 4.78 is 5.43. The average molecular weight is 297 g/mol. The zero-order valence-corrected chi connectivity index (χ0v) is 12.7. The Balaban J connectivity index is 1.56. The van der Waals surface area contributed by atoms with E-state index in [1.165, 1.54) is 5.56 Å². The number of hydrogen-bond donors (Lipinski definition) is 0. The third-order valence-electron chi connectivity index (χ3n) is 4.45. The molecule has 2 aromatic rings. The second-order valence-electron chi connectivity index (χ2n) is 6.33. The summed E-state index contributed by atoms with van der Waals surface area (Å²) in [6, 6.07) is 8.18. The molecule has 0 radical (unpaired) electrons. The van der Waals surface area contributed by atoms with Crippen molar-refractivity contribution in [1.29, 1.82) is 0 Å². The fraction of sp³-hybridized carbons (Fsp3) is 0.471. The molecule has 0 unspecified atom stereocenters. The molecule has 1 saturated heterocycles. The molecule has 0 bridgehead atoms. The van der Waals surface area contributed by atoms with Crippen LogP contribution in [0.15, 0.2) is 28.8 Å². The highest BCUT2D eigenvalue weighted by atomic mass is 16.5. The second kappa shape index (κ2) is 5.23. The lowest BCUT2D eigenvalue weighted by Crippen LogP contribution is -2.27. The van der Waals surface area contributed by atoms with Gasteiger partial charge in [-0.05, 0) is 31.7 Å². The fourth-order valence-electron chi connectivity index (χ4n) is 3.09. The minimum atomic E-state index is -0.0759. The predicted octanol–water partition coefficient (Wildman–Crippen LogP) is 3.12. The Morgan fingerprint density at radius 1 is 1.32 bits per heavy atom. The molecule has 0 N–H and O–H groups in total. The first kappa shape index (κ1) is 13.5. The van der Waals surface area contributed by atoms with Gasteiger partial charge < -0.3 is 9.42 Å². The molecule has 4 rings (SSSR count). The molecular formula is C17H19N3O2. The smallest absolute Gasteiger partial charge is 0.249 e. The first-order valence-corrected chi connectivity index (χ1v) is 7.89. The number of carbonyl (C=O) groups excluding carboxylic acids is 1. The molecule has 114 valence electrons. The maximum atomic E-state index is 12.2. The second-order valence-corrected chi connectivity index (χ2v) is 6.33. The van der Waals surface area contributed by atoms with Crippen LogP contribution >= 0.6 is 0 Å². The molecule has 22 heavy (non-hydrogen) atoms. The molecule has 1 amide bonds. The van der Waals surface area contributed by atoms with E-state index in [2.05, 4.69) is 35.3 Å². The minimum Gasteiger partial charge on any atom is -0.337 e.